The van der Waals surface area contributed by atoms with Gasteiger partial charge in [0.2, 0.25) is 5.95 Å². The third kappa shape index (κ3) is 2.77. The molecule has 0 aromatic carbocycles. The van der Waals surface area contributed by atoms with Crippen LogP contribution >= 0.6 is 24.8 Å². The van der Waals surface area contributed by atoms with Crippen molar-refractivity contribution >= 4 is 30.8 Å². The van der Waals surface area contributed by atoms with Crippen molar-refractivity contribution in [1.82, 2.24) is 14.9 Å². The maximum Gasteiger partial charge on any atom is 0.205 e. The lowest BCUT2D eigenvalue weighted by molar-refractivity contribution is 0.574. The van der Waals surface area contributed by atoms with Crippen LogP contribution in [0, 0.1) is 0 Å². The van der Waals surface area contributed by atoms with E-state index in [4.69, 9.17) is 0 Å². The van der Waals surface area contributed by atoms with Crippen molar-refractivity contribution in [3.63, 3.8) is 0 Å². The van der Waals surface area contributed by atoms with Gasteiger partial charge in [-0.25, -0.2) is 4.98 Å². The Morgan fingerprint density at radius 2 is 1.93 bits per heavy atom. The van der Waals surface area contributed by atoms with Crippen LogP contribution in [0.2, 0.25) is 0 Å². The molecule has 2 rings (SSSR count). The molecule has 0 spiro atoms. The van der Waals surface area contributed by atoms with Gasteiger partial charge in [0.25, 0.3) is 0 Å². The number of aryl methyl sites for hydroxylation is 1. The Morgan fingerprint density at radius 3 is 2.43 bits per heavy atom. The van der Waals surface area contributed by atoms with Crippen molar-refractivity contribution in [3.8, 4) is 0 Å². The van der Waals surface area contributed by atoms with E-state index >= 15 is 0 Å². The number of piperazine rings is 1. The summed E-state index contributed by atoms with van der Waals surface area (Å²) in [4.78, 5) is 6.60. The molecule has 0 radical (unpaired) electrons. The topological polar surface area (TPSA) is 33.1 Å². The van der Waals surface area contributed by atoms with E-state index in [0.717, 1.165) is 32.1 Å². The molecule has 2 heterocycles. The van der Waals surface area contributed by atoms with Gasteiger partial charge in [0, 0.05) is 45.6 Å². The lowest BCUT2D eigenvalue weighted by Crippen LogP contribution is -2.44. The van der Waals surface area contributed by atoms with Gasteiger partial charge in [0.15, 0.2) is 0 Å². The predicted molar refractivity (Wildman–Crippen MR) is 62.8 cm³/mol. The Balaban J connectivity index is 0.000000845. The molecule has 0 aliphatic carbocycles. The van der Waals surface area contributed by atoms with Crippen molar-refractivity contribution in [2.75, 3.05) is 31.1 Å². The molecule has 0 unspecified atom stereocenters. The van der Waals surface area contributed by atoms with Crippen LogP contribution < -0.4 is 10.2 Å². The highest BCUT2D eigenvalue weighted by atomic mass is 35.5. The number of hydrogen-bond donors (Lipinski definition) is 1. The highest BCUT2D eigenvalue weighted by Crippen LogP contribution is 2.09. The minimum atomic E-state index is 0. The van der Waals surface area contributed by atoms with Crippen LogP contribution in [0.25, 0.3) is 0 Å². The number of nitrogens with one attached hydrogen (secondary N) is 1. The largest absolute Gasteiger partial charge is 0.340 e. The van der Waals surface area contributed by atoms with Crippen LogP contribution in [-0.2, 0) is 7.05 Å². The average molecular weight is 239 g/mol. The van der Waals surface area contributed by atoms with Crippen molar-refractivity contribution in [3.05, 3.63) is 12.4 Å². The van der Waals surface area contributed by atoms with Crippen LogP contribution in [0.15, 0.2) is 12.4 Å². The van der Waals surface area contributed by atoms with E-state index in [9.17, 15) is 0 Å². The van der Waals surface area contributed by atoms with Gasteiger partial charge in [-0.2, -0.15) is 0 Å². The Hall–Kier alpha value is -0.450. The summed E-state index contributed by atoms with van der Waals surface area (Å²) >= 11 is 0. The van der Waals surface area contributed by atoms with Crippen LogP contribution in [0.1, 0.15) is 0 Å². The lowest BCUT2D eigenvalue weighted by Gasteiger charge is -2.28. The molecule has 6 heteroatoms. The molecule has 1 aromatic rings. The average Bonchev–Trinajstić information content (AvgIpc) is 2.53. The minimum Gasteiger partial charge on any atom is -0.340 e. The third-order valence-corrected chi connectivity index (χ3v) is 2.20. The quantitative estimate of drug-likeness (QED) is 0.782. The number of anilines is 1. The van der Waals surface area contributed by atoms with Crippen molar-refractivity contribution in [2.24, 2.45) is 7.05 Å². The first-order valence-electron chi connectivity index (χ1n) is 4.31. The molecule has 4 nitrogen and oxygen atoms in total. The predicted octanol–water partition coefficient (Wildman–Crippen LogP) is 0.673. The van der Waals surface area contributed by atoms with E-state index in [-0.39, 0.29) is 24.8 Å². The standard InChI is InChI=1S/C8H14N4.2ClH/c1-11-5-4-10-8(11)12-6-2-9-3-7-12;;/h4-5,9H,2-3,6-7H2,1H3;2*1H. The van der Waals surface area contributed by atoms with Gasteiger partial charge in [-0.15, -0.1) is 24.8 Å². The van der Waals surface area contributed by atoms with Crippen LogP contribution in [0.3, 0.4) is 0 Å². The van der Waals surface area contributed by atoms with E-state index < -0.39 is 0 Å². The zero-order valence-corrected chi connectivity index (χ0v) is 9.77. The van der Waals surface area contributed by atoms with Crippen LogP contribution in [-0.4, -0.2) is 35.7 Å². The van der Waals surface area contributed by atoms with Gasteiger partial charge >= 0.3 is 0 Å². The Labute approximate surface area is 96.5 Å². The SMILES string of the molecule is Cl.Cl.Cn1ccnc1N1CCNCC1. The van der Waals surface area contributed by atoms with E-state index in [0.29, 0.717) is 0 Å². The van der Waals surface area contributed by atoms with E-state index in [1.165, 1.54) is 0 Å². The smallest absolute Gasteiger partial charge is 0.205 e. The number of aromatic nitrogens is 2. The van der Waals surface area contributed by atoms with E-state index in [2.05, 4.69) is 19.8 Å². The fraction of sp³-hybridized carbons (Fsp3) is 0.625. The first-order chi connectivity index (χ1) is 5.88. The molecule has 1 aliphatic rings. The second-order valence-corrected chi connectivity index (χ2v) is 3.08. The summed E-state index contributed by atoms with van der Waals surface area (Å²) < 4.78 is 2.06. The van der Waals surface area contributed by atoms with Gasteiger partial charge in [-0.1, -0.05) is 0 Å². The second kappa shape index (κ2) is 6.11. The van der Waals surface area contributed by atoms with E-state index in [1.807, 2.05) is 19.4 Å². The highest BCUT2D eigenvalue weighted by molar-refractivity contribution is 5.85. The molecule has 0 bridgehead atoms. The normalized spacial score (nSPS) is 15.6. The number of rotatable bonds is 1. The molecule has 1 N–H and O–H groups in total. The summed E-state index contributed by atoms with van der Waals surface area (Å²) in [5.74, 6) is 1.08. The Morgan fingerprint density at radius 1 is 1.29 bits per heavy atom. The first-order valence-corrected chi connectivity index (χ1v) is 4.31. The molecule has 1 aliphatic heterocycles. The fourth-order valence-corrected chi connectivity index (χ4v) is 1.53. The summed E-state index contributed by atoms with van der Waals surface area (Å²) in [5.41, 5.74) is 0. The van der Waals surface area contributed by atoms with Crippen LogP contribution in [0.5, 0.6) is 0 Å². The maximum atomic E-state index is 4.30. The summed E-state index contributed by atoms with van der Waals surface area (Å²) in [6.07, 6.45) is 3.83. The summed E-state index contributed by atoms with van der Waals surface area (Å²) in [7, 11) is 2.03. The summed E-state index contributed by atoms with van der Waals surface area (Å²) in [6.45, 7) is 4.25. The first kappa shape index (κ1) is 13.5. The third-order valence-electron chi connectivity index (χ3n) is 2.20. The zero-order valence-electron chi connectivity index (χ0n) is 8.14. The number of nitrogens with zero attached hydrogens (tertiary/aromatic N) is 3. The van der Waals surface area contributed by atoms with Crippen molar-refractivity contribution in [1.29, 1.82) is 0 Å². The number of imidazole rings is 1. The van der Waals surface area contributed by atoms with Gasteiger partial charge in [-0.3, -0.25) is 0 Å². The van der Waals surface area contributed by atoms with Gasteiger partial charge in [0.05, 0.1) is 0 Å². The fourth-order valence-electron chi connectivity index (χ4n) is 1.53. The van der Waals surface area contributed by atoms with E-state index in [1.54, 1.807) is 0 Å². The number of hydrogen-bond acceptors (Lipinski definition) is 3. The highest BCUT2D eigenvalue weighted by Gasteiger charge is 2.12. The molecule has 1 saturated heterocycles. The molecule has 0 saturated carbocycles. The second-order valence-electron chi connectivity index (χ2n) is 3.08. The molecule has 82 valence electrons. The van der Waals surface area contributed by atoms with Crippen LogP contribution in [0.4, 0.5) is 5.95 Å². The Kier molecular flexibility index (Phi) is 5.92. The van der Waals surface area contributed by atoms with Crippen molar-refractivity contribution in [2.45, 2.75) is 0 Å². The Bertz CT molecular complexity index is 258. The monoisotopic (exact) mass is 238 g/mol. The molecule has 1 aromatic heterocycles. The lowest BCUT2D eigenvalue weighted by atomic mass is 10.4. The molecule has 1 fully saturated rings. The molecule has 14 heavy (non-hydrogen) atoms. The molecule has 0 atom stereocenters. The zero-order chi connectivity index (χ0) is 8.39. The number of halogens is 2. The molecular weight excluding hydrogens is 223 g/mol. The van der Waals surface area contributed by atoms with Gasteiger partial charge in [-0.05, 0) is 0 Å². The summed E-state index contributed by atoms with van der Waals surface area (Å²) in [5, 5.41) is 3.32. The van der Waals surface area contributed by atoms with Crippen molar-refractivity contribution < 1.29 is 0 Å². The van der Waals surface area contributed by atoms with Gasteiger partial charge in [0.1, 0.15) is 0 Å². The molecule has 0 amide bonds. The molecular formula is C8H16Cl2N4. The van der Waals surface area contributed by atoms with Gasteiger partial charge < -0.3 is 14.8 Å². The maximum absolute atomic E-state index is 4.30. The summed E-state index contributed by atoms with van der Waals surface area (Å²) in [6, 6.07) is 0. The minimum absolute atomic E-state index is 0.